The van der Waals surface area contributed by atoms with E-state index in [2.05, 4.69) is 14.4 Å². The maximum atomic E-state index is 11.9. The van der Waals surface area contributed by atoms with Gasteiger partial charge in [-0.05, 0) is 17.7 Å². The molecule has 9 nitrogen and oxygen atoms in total. The first-order valence-electron chi connectivity index (χ1n) is 5.59. The van der Waals surface area contributed by atoms with Crippen molar-refractivity contribution in [1.82, 2.24) is 9.71 Å². The van der Waals surface area contributed by atoms with Crippen molar-refractivity contribution >= 4 is 28.2 Å². The summed E-state index contributed by atoms with van der Waals surface area (Å²) in [4.78, 5) is 24.3. The van der Waals surface area contributed by atoms with Gasteiger partial charge >= 0.3 is 12.1 Å². The van der Waals surface area contributed by atoms with Crippen LogP contribution in [0.3, 0.4) is 0 Å². The highest BCUT2D eigenvalue weighted by Crippen LogP contribution is 2.10. The molecule has 4 N–H and O–H groups in total. The second-order valence-corrected chi connectivity index (χ2v) is 5.46. The zero-order valence-electron chi connectivity index (χ0n) is 10.7. The normalized spacial score (nSPS) is 11.4. The maximum absolute atomic E-state index is 11.9. The molecule has 0 radical (unpaired) electrons. The molecule has 0 aliphatic carbocycles. The number of aromatic nitrogens is 1. The lowest BCUT2D eigenvalue weighted by Gasteiger charge is -2.06. The van der Waals surface area contributed by atoms with Crippen LogP contribution >= 0.6 is 0 Å². The number of carbonyl (C=O) groups is 2. The van der Waals surface area contributed by atoms with Gasteiger partial charge in [0.05, 0.1) is 0 Å². The van der Waals surface area contributed by atoms with Crippen LogP contribution in [0.4, 0.5) is 4.79 Å². The first kappa shape index (κ1) is 16.6. The number of nitrogens with one attached hydrogen (secondary N) is 1. The number of hydrogen-bond acceptors (Lipinski definition) is 6. The van der Waals surface area contributed by atoms with Crippen LogP contribution in [-0.2, 0) is 19.6 Å². The molecule has 0 spiro atoms. The average molecular weight is 315 g/mol. The van der Waals surface area contributed by atoms with Crippen molar-refractivity contribution < 1.29 is 27.9 Å². The van der Waals surface area contributed by atoms with Crippen molar-refractivity contribution in [2.75, 3.05) is 13.2 Å². The van der Waals surface area contributed by atoms with E-state index < -0.39 is 22.1 Å². The number of amides is 1. The molecule has 0 saturated heterocycles. The number of carboxylic acids is 1. The van der Waals surface area contributed by atoms with Gasteiger partial charge in [-0.15, -0.1) is 0 Å². The van der Waals surface area contributed by atoms with Gasteiger partial charge in [-0.25, -0.2) is 22.7 Å². The lowest BCUT2D eigenvalue weighted by molar-refractivity contribution is -0.131. The molecule has 0 unspecified atom stereocenters. The molecule has 0 fully saturated rings. The number of sulfonamides is 1. The summed E-state index contributed by atoms with van der Waals surface area (Å²) >= 11 is 0. The van der Waals surface area contributed by atoms with Gasteiger partial charge in [-0.1, -0.05) is 0 Å². The van der Waals surface area contributed by atoms with E-state index in [-0.39, 0.29) is 18.0 Å². The summed E-state index contributed by atoms with van der Waals surface area (Å²) in [5.74, 6) is -1.16. The standard InChI is InChI=1S/C11H13N3O6S/c12-11(17)20-4-3-14-21(18,19)9-5-8(6-13-7-9)1-2-10(15)16/h1-2,5-7,14H,3-4H2,(H2,12,17)(H,15,16)/b2-1+. The summed E-state index contributed by atoms with van der Waals surface area (Å²) in [6, 6.07) is 1.25. The molecule has 0 saturated carbocycles. The van der Waals surface area contributed by atoms with Gasteiger partial charge in [-0.2, -0.15) is 0 Å². The molecule has 1 aromatic heterocycles. The molecule has 114 valence electrons. The quantitative estimate of drug-likeness (QED) is 0.456. The van der Waals surface area contributed by atoms with Crippen LogP contribution in [0.5, 0.6) is 0 Å². The van der Waals surface area contributed by atoms with Gasteiger partial charge in [0.1, 0.15) is 11.5 Å². The van der Waals surface area contributed by atoms with Gasteiger partial charge in [0, 0.05) is 25.0 Å². The summed E-state index contributed by atoms with van der Waals surface area (Å²) in [6.07, 6.45) is 3.49. The Labute approximate surface area is 120 Å². The van der Waals surface area contributed by atoms with Gasteiger partial charge < -0.3 is 15.6 Å². The molecule has 0 aliphatic heterocycles. The number of ether oxygens (including phenoxy) is 1. The lowest BCUT2D eigenvalue weighted by atomic mass is 10.2. The van der Waals surface area contributed by atoms with Gasteiger partial charge in [0.2, 0.25) is 10.0 Å². The number of rotatable bonds is 7. The zero-order valence-corrected chi connectivity index (χ0v) is 11.5. The van der Waals surface area contributed by atoms with Crippen molar-refractivity contribution in [2.45, 2.75) is 4.90 Å². The number of pyridine rings is 1. The maximum Gasteiger partial charge on any atom is 0.404 e. The zero-order chi connectivity index (χ0) is 15.9. The molecule has 0 atom stereocenters. The number of aliphatic carboxylic acids is 1. The van der Waals surface area contributed by atoms with Crippen molar-refractivity contribution in [3.8, 4) is 0 Å². The van der Waals surface area contributed by atoms with E-state index >= 15 is 0 Å². The summed E-state index contributed by atoms with van der Waals surface area (Å²) in [6.45, 7) is -0.360. The van der Waals surface area contributed by atoms with E-state index in [1.807, 2.05) is 0 Å². The van der Waals surface area contributed by atoms with Crippen molar-refractivity contribution in [3.05, 3.63) is 30.1 Å². The van der Waals surface area contributed by atoms with Gasteiger partial charge in [-0.3, -0.25) is 4.98 Å². The van der Waals surface area contributed by atoms with Crippen molar-refractivity contribution in [2.24, 2.45) is 5.73 Å². The van der Waals surface area contributed by atoms with E-state index in [1.165, 1.54) is 18.3 Å². The minimum atomic E-state index is -3.85. The molecule has 21 heavy (non-hydrogen) atoms. The molecule has 1 rings (SSSR count). The summed E-state index contributed by atoms with van der Waals surface area (Å²) in [5.41, 5.74) is 5.04. The second kappa shape index (κ2) is 7.36. The predicted molar refractivity (Wildman–Crippen MR) is 71.6 cm³/mol. The number of carboxylic acid groups (broad SMARTS) is 1. The Hall–Kier alpha value is -2.46. The van der Waals surface area contributed by atoms with Gasteiger partial charge in [0.15, 0.2) is 0 Å². The predicted octanol–water partition coefficient (Wildman–Crippen LogP) is -0.447. The van der Waals surface area contributed by atoms with Crippen LogP contribution in [0.25, 0.3) is 6.08 Å². The molecular formula is C11H13N3O6S. The minimum absolute atomic E-state index is 0.144. The Morgan fingerprint density at radius 2 is 2.14 bits per heavy atom. The molecule has 10 heteroatoms. The van der Waals surface area contributed by atoms with Crippen molar-refractivity contribution in [3.63, 3.8) is 0 Å². The Balaban J connectivity index is 2.76. The minimum Gasteiger partial charge on any atom is -0.478 e. The van der Waals surface area contributed by atoms with Crippen LogP contribution in [0.2, 0.25) is 0 Å². The van der Waals surface area contributed by atoms with E-state index in [9.17, 15) is 18.0 Å². The SMILES string of the molecule is NC(=O)OCCNS(=O)(=O)c1cncc(/C=C/C(=O)O)c1. The highest BCUT2D eigenvalue weighted by atomic mass is 32.2. The van der Waals surface area contributed by atoms with Crippen LogP contribution in [0, 0.1) is 0 Å². The largest absolute Gasteiger partial charge is 0.478 e. The van der Waals surface area contributed by atoms with E-state index in [0.717, 1.165) is 12.3 Å². The molecule has 0 bridgehead atoms. The number of nitrogens with zero attached hydrogens (tertiary/aromatic N) is 1. The molecule has 1 heterocycles. The Morgan fingerprint density at radius 3 is 2.76 bits per heavy atom. The third-order valence-electron chi connectivity index (χ3n) is 2.10. The van der Waals surface area contributed by atoms with Crippen molar-refractivity contribution in [1.29, 1.82) is 0 Å². The molecule has 1 aromatic rings. The van der Waals surface area contributed by atoms with Crippen LogP contribution < -0.4 is 10.5 Å². The topological polar surface area (TPSA) is 149 Å². The fraction of sp³-hybridized carbons (Fsp3) is 0.182. The molecular weight excluding hydrogens is 302 g/mol. The van der Waals surface area contributed by atoms with Crippen LogP contribution in [-0.4, -0.2) is 43.7 Å². The Kier molecular flexibility index (Phi) is 5.81. The van der Waals surface area contributed by atoms with Gasteiger partial charge in [0.25, 0.3) is 0 Å². The number of nitrogens with two attached hydrogens (primary N) is 1. The fourth-order valence-corrected chi connectivity index (χ4v) is 2.26. The first-order valence-corrected chi connectivity index (χ1v) is 7.07. The first-order chi connectivity index (χ1) is 9.81. The number of carbonyl (C=O) groups excluding carboxylic acids is 1. The number of hydrogen-bond donors (Lipinski definition) is 3. The van der Waals surface area contributed by atoms with Crippen LogP contribution in [0.15, 0.2) is 29.4 Å². The van der Waals surface area contributed by atoms with E-state index in [0.29, 0.717) is 5.56 Å². The van der Waals surface area contributed by atoms with E-state index in [4.69, 9.17) is 10.8 Å². The molecule has 0 aromatic carbocycles. The fourth-order valence-electron chi connectivity index (χ4n) is 1.25. The van der Waals surface area contributed by atoms with E-state index in [1.54, 1.807) is 0 Å². The molecule has 0 aliphatic rings. The highest BCUT2D eigenvalue weighted by molar-refractivity contribution is 7.89. The summed E-state index contributed by atoms with van der Waals surface area (Å²) in [5, 5.41) is 8.50. The summed E-state index contributed by atoms with van der Waals surface area (Å²) in [7, 11) is -3.85. The van der Waals surface area contributed by atoms with Crippen LogP contribution in [0.1, 0.15) is 5.56 Å². The Bertz CT molecular complexity index is 656. The Morgan fingerprint density at radius 1 is 1.43 bits per heavy atom. The average Bonchev–Trinajstić information content (AvgIpc) is 2.41. The summed E-state index contributed by atoms with van der Waals surface area (Å²) < 4.78 is 30.4. The third kappa shape index (κ3) is 6.01. The number of primary amides is 1. The smallest absolute Gasteiger partial charge is 0.404 e. The molecule has 1 amide bonds. The monoisotopic (exact) mass is 315 g/mol. The second-order valence-electron chi connectivity index (χ2n) is 3.69. The highest BCUT2D eigenvalue weighted by Gasteiger charge is 2.14. The third-order valence-corrected chi connectivity index (χ3v) is 3.53. The lowest BCUT2D eigenvalue weighted by Crippen LogP contribution is -2.29.